The van der Waals surface area contributed by atoms with Crippen LogP contribution in [0.15, 0.2) is 71.5 Å². The van der Waals surface area contributed by atoms with E-state index in [9.17, 15) is 12.3 Å². The molecule has 0 unspecified atom stereocenters. The smallest absolute Gasteiger partial charge is 0.303 e. The maximum Gasteiger partial charge on any atom is 0.303 e. The van der Waals surface area contributed by atoms with Gasteiger partial charge in [-0.15, -0.1) is 0 Å². The Morgan fingerprint density at radius 3 is 2.49 bits per heavy atom. The van der Waals surface area contributed by atoms with Crippen molar-refractivity contribution in [3.63, 3.8) is 0 Å². The lowest BCUT2D eigenvalue weighted by molar-refractivity contribution is -0.137. The van der Waals surface area contributed by atoms with Crippen LogP contribution in [0.4, 0.5) is 0 Å². The van der Waals surface area contributed by atoms with Crippen molar-refractivity contribution in [2.45, 2.75) is 63.9 Å². The first-order valence-corrected chi connectivity index (χ1v) is 12.3. The van der Waals surface area contributed by atoms with E-state index in [1.54, 1.807) is 48.9 Å². The van der Waals surface area contributed by atoms with E-state index in [1.807, 2.05) is 18.2 Å². The van der Waals surface area contributed by atoms with Gasteiger partial charge < -0.3 is 19.2 Å². The Morgan fingerprint density at radius 2 is 1.77 bits per heavy atom. The predicted molar refractivity (Wildman–Crippen MR) is 134 cm³/mol. The number of ether oxygens (including phenoxy) is 1. The molecule has 0 aliphatic heterocycles. The molecule has 6 heteroatoms. The van der Waals surface area contributed by atoms with Gasteiger partial charge in [0.15, 0.2) is 0 Å². The van der Waals surface area contributed by atoms with Gasteiger partial charge in [0.25, 0.3) is 5.91 Å². The number of aliphatic carboxylic acids is 1. The van der Waals surface area contributed by atoms with Crippen molar-refractivity contribution in [3.05, 3.63) is 78.3 Å². The van der Waals surface area contributed by atoms with Crippen molar-refractivity contribution in [3.8, 4) is 16.9 Å². The van der Waals surface area contributed by atoms with Crippen molar-refractivity contribution in [2.24, 2.45) is 0 Å². The number of benzene rings is 2. The second kappa shape index (κ2) is 12.2. The summed E-state index contributed by atoms with van der Waals surface area (Å²) < 4.78 is 29.5. The monoisotopic (exact) mass is 477 g/mol. The first-order chi connectivity index (χ1) is 17.9. The summed E-state index contributed by atoms with van der Waals surface area (Å²) in [4.78, 5) is 25.9. The molecule has 0 spiro atoms. The molecular formula is C29H33NO5. The van der Waals surface area contributed by atoms with Gasteiger partial charge in [0.05, 0.1) is 21.9 Å². The van der Waals surface area contributed by atoms with Gasteiger partial charge in [-0.25, -0.2) is 0 Å². The maximum atomic E-state index is 13.8. The minimum atomic E-state index is -2.09. The average molecular weight is 478 g/mol. The van der Waals surface area contributed by atoms with Crippen LogP contribution in [-0.4, -0.2) is 34.5 Å². The van der Waals surface area contributed by atoms with Crippen LogP contribution in [-0.2, 0) is 11.3 Å². The standard InChI is InChI=1S/C29H33NO5/c31-28(32)12-2-1-7-18-35-27-11-6-3-8-24(27)20-30(26-9-4-5-10-26)29(33)23-15-13-22(14-16-23)25-17-19-34-21-25/h3,6,8,11,13-17,19,21,26H,1-2,4-5,7,9-10,12,18,20H2,(H,31,32)/i20D2. The zero-order valence-corrected chi connectivity index (χ0v) is 19.8. The summed E-state index contributed by atoms with van der Waals surface area (Å²) in [6.45, 7) is -1.74. The van der Waals surface area contributed by atoms with Crippen LogP contribution in [0.25, 0.3) is 11.1 Å². The summed E-state index contributed by atoms with van der Waals surface area (Å²) in [6.07, 6.45) is 8.74. The van der Waals surface area contributed by atoms with Crippen molar-refractivity contribution < 1.29 is 26.6 Å². The number of amides is 1. The quantitative estimate of drug-likeness (QED) is 0.299. The Morgan fingerprint density at radius 1 is 1.00 bits per heavy atom. The highest BCUT2D eigenvalue weighted by atomic mass is 16.5. The minimum absolute atomic E-state index is 0.126. The van der Waals surface area contributed by atoms with Crippen LogP contribution in [0, 0.1) is 0 Å². The fourth-order valence-electron chi connectivity index (χ4n) is 4.40. The van der Waals surface area contributed by atoms with E-state index in [0.717, 1.165) is 36.8 Å². The van der Waals surface area contributed by atoms with Crippen LogP contribution < -0.4 is 4.74 Å². The molecule has 35 heavy (non-hydrogen) atoms. The van der Waals surface area contributed by atoms with Crippen molar-refractivity contribution in [1.82, 2.24) is 4.90 Å². The molecule has 0 radical (unpaired) electrons. The molecular weight excluding hydrogens is 442 g/mol. The molecule has 1 aromatic heterocycles. The summed E-state index contributed by atoms with van der Waals surface area (Å²) in [7, 11) is 0. The van der Waals surface area contributed by atoms with Gasteiger partial charge in [-0.2, -0.15) is 0 Å². The summed E-state index contributed by atoms with van der Waals surface area (Å²) in [6, 6.07) is 15.8. The molecule has 1 fully saturated rings. The summed E-state index contributed by atoms with van der Waals surface area (Å²) in [5, 5.41) is 8.79. The van der Waals surface area contributed by atoms with E-state index in [2.05, 4.69) is 0 Å². The van der Waals surface area contributed by atoms with Gasteiger partial charge >= 0.3 is 5.97 Å². The van der Waals surface area contributed by atoms with Gasteiger partial charge in [-0.3, -0.25) is 9.59 Å². The molecule has 3 aromatic rings. The number of carboxylic acids is 1. The van der Waals surface area contributed by atoms with E-state index in [1.165, 1.54) is 4.90 Å². The van der Waals surface area contributed by atoms with Crippen molar-refractivity contribution >= 4 is 11.9 Å². The largest absolute Gasteiger partial charge is 0.493 e. The molecule has 1 N–H and O–H groups in total. The highest BCUT2D eigenvalue weighted by Crippen LogP contribution is 2.30. The molecule has 1 aliphatic rings. The van der Waals surface area contributed by atoms with Crippen LogP contribution in [0.1, 0.15) is 70.0 Å². The fraction of sp³-hybridized carbons (Fsp3) is 0.379. The SMILES string of the molecule is [2H]C([2H])(c1ccccc1OCCCCCC(=O)O)N(C(=O)c1ccc(-c2ccoc2)cc1)C1CCCC1. The molecule has 2 aromatic carbocycles. The average Bonchev–Trinajstić information content (AvgIpc) is 3.61. The van der Waals surface area contributed by atoms with E-state index in [0.29, 0.717) is 42.7 Å². The third-order valence-corrected chi connectivity index (χ3v) is 6.32. The highest BCUT2D eigenvalue weighted by Gasteiger charge is 2.28. The molecule has 4 rings (SSSR count). The van der Waals surface area contributed by atoms with Gasteiger partial charge in [0, 0.05) is 35.6 Å². The molecule has 184 valence electrons. The lowest BCUT2D eigenvalue weighted by Gasteiger charge is -2.30. The lowest BCUT2D eigenvalue weighted by Crippen LogP contribution is -2.38. The topological polar surface area (TPSA) is 80.0 Å². The summed E-state index contributed by atoms with van der Waals surface area (Å²) in [5.41, 5.74) is 2.58. The first kappa shape index (κ1) is 22.0. The number of rotatable bonds is 12. The second-order valence-corrected chi connectivity index (χ2v) is 8.86. The van der Waals surface area contributed by atoms with Crippen molar-refractivity contribution in [2.75, 3.05) is 6.61 Å². The lowest BCUT2D eigenvalue weighted by atomic mass is 10.0. The van der Waals surface area contributed by atoms with Crippen LogP contribution in [0.2, 0.25) is 0 Å². The van der Waals surface area contributed by atoms with Gasteiger partial charge in [-0.05, 0) is 61.9 Å². The number of hydrogen-bond donors (Lipinski definition) is 1. The molecule has 0 bridgehead atoms. The Hall–Kier alpha value is -3.54. The molecule has 0 atom stereocenters. The molecule has 1 amide bonds. The Balaban J connectivity index is 1.55. The molecule has 1 saturated carbocycles. The van der Waals surface area contributed by atoms with E-state index >= 15 is 0 Å². The predicted octanol–water partition coefficient (Wildman–Crippen LogP) is 6.56. The third-order valence-electron chi connectivity index (χ3n) is 6.32. The first-order valence-electron chi connectivity index (χ1n) is 13.3. The van der Waals surface area contributed by atoms with E-state index in [-0.39, 0.29) is 18.4 Å². The van der Waals surface area contributed by atoms with Gasteiger partial charge in [0.1, 0.15) is 5.75 Å². The van der Waals surface area contributed by atoms with Crippen LogP contribution >= 0.6 is 0 Å². The normalized spacial score (nSPS) is 14.9. The number of unbranched alkanes of at least 4 members (excludes halogenated alkanes) is 2. The Kier molecular flexibility index (Phi) is 7.68. The zero-order valence-electron chi connectivity index (χ0n) is 21.8. The molecule has 1 heterocycles. The zero-order chi connectivity index (χ0) is 26.3. The minimum Gasteiger partial charge on any atom is -0.493 e. The fourth-order valence-corrected chi connectivity index (χ4v) is 4.40. The van der Waals surface area contributed by atoms with Gasteiger partial charge in [0.2, 0.25) is 0 Å². The Labute approximate surface area is 209 Å². The number of nitrogens with zero attached hydrogens (tertiary/aromatic N) is 1. The van der Waals surface area contributed by atoms with Crippen molar-refractivity contribution in [1.29, 1.82) is 0 Å². The molecule has 6 nitrogen and oxygen atoms in total. The summed E-state index contributed by atoms with van der Waals surface area (Å²) >= 11 is 0. The number of carbonyl (C=O) groups excluding carboxylic acids is 1. The number of carbonyl (C=O) groups is 2. The van der Waals surface area contributed by atoms with Crippen LogP contribution in [0.5, 0.6) is 5.75 Å². The number of furan rings is 1. The molecule has 0 saturated heterocycles. The second-order valence-electron chi connectivity index (χ2n) is 8.86. The van der Waals surface area contributed by atoms with E-state index < -0.39 is 12.5 Å². The van der Waals surface area contributed by atoms with Gasteiger partial charge in [-0.1, -0.05) is 43.2 Å². The molecule has 1 aliphatic carbocycles. The van der Waals surface area contributed by atoms with E-state index in [4.69, 9.17) is 14.3 Å². The maximum absolute atomic E-state index is 13.8. The Bertz CT molecular complexity index is 1170. The summed E-state index contributed by atoms with van der Waals surface area (Å²) in [5.74, 6) is -0.761. The number of hydrogen-bond acceptors (Lipinski definition) is 4. The third kappa shape index (κ3) is 6.75. The highest BCUT2D eigenvalue weighted by molar-refractivity contribution is 5.95. The number of carboxylic acid groups (broad SMARTS) is 1. The number of para-hydroxylation sites is 1. The van der Waals surface area contributed by atoms with Crippen LogP contribution in [0.3, 0.4) is 0 Å².